The average molecular weight is 194 g/mol. The van der Waals surface area contributed by atoms with Gasteiger partial charge >= 0.3 is 5.97 Å². The van der Waals surface area contributed by atoms with Crippen molar-refractivity contribution in [1.29, 1.82) is 0 Å². The lowest BCUT2D eigenvalue weighted by Crippen LogP contribution is -2.37. The number of H-pyrrole nitrogens is 1. The van der Waals surface area contributed by atoms with E-state index in [9.17, 15) is 4.79 Å². The third-order valence-electron chi connectivity index (χ3n) is 3.13. The molecule has 1 saturated carbocycles. The molecular weight excluding hydrogens is 180 g/mol. The van der Waals surface area contributed by atoms with Gasteiger partial charge in [0.05, 0.1) is 18.4 Å². The number of hydrogen-bond donors (Lipinski definition) is 2. The van der Waals surface area contributed by atoms with Crippen LogP contribution in [-0.2, 0) is 10.2 Å². The zero-order chi connectivity index (χ0) is 10.2. The Hall–Kier alpha value is -1.32. The summed E-state index contributed by atoms with van der Waals surface area (Å²) in [6.45, 7) is 1.95. The van der Waals surface area contributed by atoms with Crippen molar-refractivity contribution in [3.8, 4) is 0 Å². The van der Waals surface area contributed by atoms with Gasteiger partial charge in [-0.05, 0) is 19.8 Å². The van der Waals surface area contributed by atoms with Gasteiger partial charge in [0, 0.05) is 11.1 Å². The summed E-state index contributed by atoms with van der Waals surface area (Å²) in [4.78, 5) is 18.0. The summed E-state index contributed by atoms with van der Waals surface area (Å²) in [5.74, 6) is -0.730. The van der Waals surface area contributed by atoms with Crippen molar-refractivity contribution in [1.82, 2.24) is 9.97 Å². The lowest BCUT2D eigenvalue weighted by Gasteiger charge is -2.39. The third kappa shape index (κ3) is 1.31. The second-order valence-corrected chi connectivity index (χ2v) is 4.08. The van der Waals surface area contributed by atoms with Crippen LogP contribution in [0.1, 0.15) is 37.1 Å². The summed E-state index contributed by atoms with van der Waals surface area (Å²) in [7, 11) is 0. The number of aromatic nitrogens is 2. The molecular formula is C10H14N2O2. The summed E-state index contributed by atoms with van der Waals surface area (Å²) in [6.07, 6.45) is 4.86. The van der Waals surface area contributed by atoms with E-state index in [0.717, 1.165) is 30.7 Å². The second-order valence-electron chi connectivity index (χ2n) is 4.08. The van der Waals surface area contributed by atoms with Crippen molar-refractivity contribution in [3.05, 3.63) is 17.7 Å². The molecule has 0 radical (unpaired) electrons. The fourth-order valence-corrected chi connectivity index (χ4v) is 2.28. The fourth-order valence-electron chi connectivity index (χ4n) is 2.28. The molecule has 2 rings (SSSR count). The minimum atomic E-state index is -0.730. The predicted molar refractivity (Wildman–Crippen MR) is 51.1 cm³/mol. The van der Waals surface area contributed by atoms with Gasteiger partial charge < -0.3 is 10.1 Å². The SMILES string of the molecule is Cc1[nH]cnc1C1(CC(=O)O)CCC1. The molecule has 0 bridgehead atoms. The number of carboxylic acids is 1. The van der Waals surface area contributed by atoms with Crippen molar-refractivity contribution < 1.29 is 9.90 Å². The highest BCUT2D eigenvalue weighted by Gasteiger charge is 2.43. The smallest absolute Gasteiger partial charge is 0.304 e. The van der Waals surface area contributed by atoms with Gasteiger partial charge in [0.2, 0.25) is 0 Å². The Bertz CT molecular complexity index is 353. The first-order valence-electron chi connectivity index (χ1n) is 4.86. The molecule has 0 unspecified atom stereocenters. The van der Waals surface area contributed by atoms with Crippen LogP contribution in [0.5, 0.6) is 0 Å². The van der Waals surface area contributed by atoms with Crippen LogP contribution in [0, 0.1) is 6.92 Å². The highest BCUT2D eigenvalue weighted by molar-refractivity contribution is 5.69. The molecule has 4 heteroatoms. The van der Waals surface area contributed by atoms with E-state index in [-0.39, 0.29) is 11.8 Å². The zero-order valence-corrected chi connectivity index (χ0v) is 8.21. The molecule has 14 heavy (non-hydrogen) atoms. The number of imidazole rings is 1. The molecule has 1 aliphatic rings. The molecule has 1 aromatic heterocycles. The Balaban J connectivity index is 2.29. The van der Waals surface area contributed by atoms with Crippen LogP contribution in [-0.4, -0.2) is 21.0 Å². The third-order valence-corrected chi connectivity index (χ3v) is 3.13. The Morgan fingerprint density at radius 1 is 1.71 bits per heavy atom. The first-order chi connectivity index (χ1) is 6.64. The molecule has 4 nitrogen and oxygen atoms in total. The molecule has 1 fully saturated rings. The number of aliphatic carboxylic acids is 1. The Labute approximate surface area is 82.4 Å². The van der Waals surface area contributed by atoms with E-state index in [0.29, 0.717) is 0 Å². The van der Waals surface area contributed by atoms with Crippen LogP contribution >= 0.6 is 0 Å². The summed E-state index contributed by atoms with van der Waals surface area (Å²) in [5.41, 5.74) is 1.77. The van der Waals surface area contributed by atoms with E-state index in [1.54, 1.807) is 6.33 Å². The maximum atomic E-state index is 10.8. The number of hydrogen-bond acceptors (Lipinski definition) is 2. The van der Waals surface area contributed by atoms with Crippen LogP contribution in [0.25, 0.3) is 0 Å². The number of nitrogens with one attached hydrogen (secondary N) is 1. The predicted octanol–water partition coefficient (Wildman–Crippen LogP) is 1.61. The molecule has 1 heterocycles. The van der Waals surface area contributed by atoms with Crippen molar-refractivity contribution in [3.63, 3.8) is 0 Å². The van der Waals surface area contributed by atoms with E-state index < -0.39 is 5.97 Å². The number of nitrogens with zero attached hydrogens (tertiary/aromatic N) is 1. The maximum absolute atomic E-state index is 10.8. The van der Waals surface area contributed by atoms with Crippen LogP contribution in [0.3, 0.4) is 0 Å². The number of rotatable bonds is 3. The molecule has 0 amide bonds. The number of aryl methyl sites for hydroxylation is 1. The van der Waals surface area contributed by atoms with Gasteiger partial charge in [0.15, 0.2) is 0 Å². The van der Waals surface area contributed by atoms with Gasteiger partial charge in [-0.15, -0.1) is 0 Å². The second kappa shape index (κ2) is 3.12. The van der Waals surface area contributed by atoms with Crippen molar-refractivity contribution in [2.45, 2.75) is 38.0 Å². The van der Waals surface area contributed by atoms with E-state index in [1.165, 1.54) is 0 Å². The van der Waals surface area contributed by atoms with Crippen molar-refractivity contribution in [2.75, 3.05) is 0 Å². The van der Waals surface area contributed by atoms with E-state index in [2.05, 4.69) is 9.97 Å². The van der Waals surface area contributed by atoms with Gasteiger partial charge in [-0.2, -0.15) is 0 Å². The summed E-state index contributed by atoms with van der Waals surface area (Å²) in [6, 6.07) is 0. The minimum absolute atomic E-state index is 0.185. The number of aromatic amines is 1. The molecule has 1 aliphatic carbocycles. The lowest BCUT2D eigenvalue weighted by atomic mass is 9.64. The standard InChI is InChI=1S/C10H14N2O2/c1-7-9(12-6-11-7)10(3-2-4-10)5-8(13)14/h6H,2-5H2,1H3,(H,11,12)(H,13,14). The Kier molecular flexibility index (Phi) is 2.06. The Morgan fingerprint density at radius 3 is 2.79 bits per heavy atom. The van der Waals surface area contributed by atoms with Crippen LogP contribution in [0.2, 0.25) is 0 Å². The summed E-state index contributed by atoms with van der Waals surface area (Å²) < 4.78 is 0. The lowest BCUT2D eigenvalue weighted by molar-refractivity contribution is -0.139. The molecule has 0 aromatic carbocycles. The maximum Gasteiger partial charge on any atom is 0.304 e. The minimum Gasteiger partial charge on any atom is -0.481 e. The molecule has 0 saturated heterocycles. The van der Waals surface area contributed by atoms with Gasteiger partial charge in [-0.1, -0.05) is 6.42 Å². The van der Waals surface area contributed by atoms with E-state index in [4.69, 9.17) is 5.11 Å². The van der Waals surface area contributed by atoms with Gasteiger partial charge in [0.1, 0.15) is 0 Å². The highest BCUT2D eigenvalue weighted by atomic mass is 16.4. The first kappa shape index (κ1) is 9.24. The quantitative estimate of drug-likeness (QED) is 0.768. The zero-order valence-electron chi connectivity index (χ0n) is 8.21. The van der Waals surface area contributed by atoms with Gasteiger partial charge in [-0.3, -0.25) is 4.79 Å². The topological polar surface area (TPSA) is 66.0 Å². The largest absolute Gasteiger partial charge is 0.481 e. The normalized spacial score (nSPS) is 18.9. The average Bonchev–Trinajstić information content (AvgIpc) is 2.44. The number of carbonyl (C=O) groups is 1. The van der Waals surface area contributed by atoms with E-state index in [1.807, 2.05) is 6.92 Å². The molecule has 0 aliphatic heterocycles. The van der Waals surface area contributed by atoms with Gasteiger partial charge in [0.25, 0.3) is 0 Å². The highest BCUT2D eigenvalue weighted by Crippen LogP contribution is 2.46. The van der Waals surface area contributed by atoms with Crippen LogP contribution in [0.4, 0.5) is 0 Å². The van der Waals surface area contributed by atoms with Crippen LogP contribution in [0.15, 0.2) is 6.33 Å². The number of carboxylic acid groups (broad SMARTS) is 1. The fraction of sp³-hybridized carbons (Fsp3) is 0.600. The molecule has 2 N–H and O–H groups in total. The van der Waals surface area contributed by atoms with Crippen molar-refractivity contribution in [2.24, 2.45) is 0 Å². The summed E-state index contributed by atoms with van der Waals surface area (Å²) >= 11 is 0. The Morgan fingerprint density at radius 2 is 2.43 bits per heavy atom. The molecule has 76 valence electrons. The van der Waals surface area contributed by atoms with E-state index >= 15 is 0 Å². The molecule has 0 atom stereocenters. The van der Waals surface area contributed by atoms with Gasteiger partial charge in [-0.25, -0.2) is 4.98 Å². The van der Waals surface area contributed by atoms with Crippen LogP contribution < -0.4 is 0 Å². The first-order valence-corrected chi connectivity index (χ1v) is 4.86. The monoisotopic (exact) mass is 194 g/mol. The van der Waals surface area contributed by atoms with Crippen molar-refractivity contribution >= 4 is 5.97 Å². The molecule has 0 spiro atoms. The summed E-state index contributed by atoms with van der Waals surface area (Å²) in [5, 5.41) is 8.87. The molecule has 1 aromatic rings.